The van der Waals surface area contributed by atoms with Crippen LogP contribution in [0.5, 0.6) is 0 Å². The van der Waals surface area contributed by atoms with Gasteiger partial charge in [-0.2, -0.15) is 4.31 Å². The number of amides is 1. The lowest BCUT2D eigenvalue weighted by Gasteiger charge is -2.34. The molecule has 1 saturated heterocycles. The maximum absolute atomic E-state index is 12.8. The van der Waals surface area contributed by atoms with Gasteiger partial charge in [0.2, 0.25) is 5.91 Å². The number of hydrogen-bond acceptors (Lipinski definition) is 5. The molecule has 118 valence electrons. The first-order chi connectivity index (χ1) is 9.88. The molecule has 0 spiro atoms. The lowest BCUT2D eigenvalue weighted by molar-refractivity contribution is -0.131. The van der Waals surface area contributed by atoms with Gasteiger partial charge in [-0.15, -0.1) is 0 Å². The molecule has 9 heteroatoms. The molecule has 8 nitrogen and oxygen atoms in total. The van der Waals surface area contributed by atoms with Crippen molar-refractivity contribution in [3.05, 3.63) is 12.5 Å². The van der Waals surface area contributed by atoms with Crippen molar-refractivity contribution in [1.82, 2.24) is 19.2 Å². The van der Waals surface area contributed by atoms with Gasteiger partial charge in [-0.25, -0.2) is 13.4 Å². The topological polar surface area (TPSA) is 93.5 Å². The summed E-state index contributed by atoms with van der Waals surface area (Å²) in [7, 11) is 0.792. The highest BCUT2D eigenvalue weighted by molar-refractivity contribution is 7.89. The van der Waals surface area contributed by atoms with Gasteiger partial charge in [0, 0.05) is 33.9 Å². The first-order valence-corrected chi connectivity index (χ1v) is 8.04. The van der Waals surface area contributed by atoms with Crippen molar-refractivity contribution in [3.63, 3.8) is 0 Å². The zero-order valence-corrected chi connectivity index (χ0v) is 13.2. The van der Waals surface area contributed by atoms with E-state index in [0.717, 1.165) is 0 Å². The van der Waals surface area contributed by atoms with E-state index in [1.165, 1.54) is 31.0 Å². The van der Waals surface area contributed by atoms with Crippen LogP contribution in [0.2, 0.25) is 0 Å². The number of aromatic nitrogens is 2. The molecule has 0 aliphatic carbocycles. The first kappa shape index (κ1) is 15.9. The molecule has 1 atom stereocenters. The van der Waals surface area contributed by atoms with E-state index in [4.69, 9.17) is 4.74 Å². The Balaban J connectivity index is 2.47. The standard InChI is InChI=1S/C12H20N4O4S/c1-13-11(17)12(8-20-3)5-4-6-16(12)21(18,19)10-7-15(2)9-14-10/h7,9H,4-6,8H2,1-3H3,(H,13,17). The number of nitrogens with one attached hydrogen (secondary N) is 1. The van der Waals surface area contributed by atoms with Crippen molar-refractivity contribution in [2.24, 2.45) is 7.05 Å². The third-order valence-corrected chi connectivity index (χ3v) is 5.55. The van der Waals surface area contributed by atoms with Crippen molar-refractivity contribution in [1.29, 1.82) is 0 Å². The maximum atomic E-state index is 12.8. The smallest absolute Gasteiger partial charge is 0.263 e. The SMILES string of the molecule is CNC(=O)C1(COC)CCCN1S(=O)(=O)c1cn(C)cn1. The number of nitrogens with zero attached hydrogens (tertiary/aromatic N) is 3. The molecule has 1 amide bonds. The number of imidazole rings is 1. The van der Waals surface area contributed by atoms with E-state index in [-0.39, 0.29) is 24.1 Å². The van der Waals surface area contributed by atoms with Gasteiger partial charge in [0.1, 0.15) is 5.54 Å². The minimum absolute atomic E-state index is 0.0126. The fourth-order valence-corrected chi connectivity index (χ4v) is 4.51. The Hall–Kier alpha value is -1.45. The van der Waals surface area contributed by atoms with E-state index < -0.39 is 15.6 Å². The van der Waals surface area contributed by atoms with Gasteiger partial charge in [0.25, 0.3) is 10.0 Å². The first-order valence-electron chi connectivity index (χ1n) is 6.60. The van der Waals surface area contributed by atoms with E-state index in [9.17, 15) is 13.2 Å². The predicted octanol–water partition coefficient (Wildman–Crippen LogP) is -0.664. The second-order valence-electron chi connectivity index (χ2n) is 5.10. The van der Waals surface area contributed by atoms with Gasteiger partial charge in [-0.1, -0.05) is 0 Å². The van der Waals surface area contributed by atoms with Gasteiger partial charge < -0.3 is 14.6 Å². The van der Waals surface area contributed by atoms with Crippen molar-refractivity contribution >= 4 is 15.9 Å². The number of aryl methyl sites for hydroxylation is 1. The molecule has 1 N–H and O–H groups in total. The van der Waals surface area contributed by atoms with Crippen LogP contribution in [0.15, 0.2) is 17.6 Å². The number of methoxy groups -OCH3 is 1. The van der Waals surface area contributed by atoms with E-state index in [2.05, 4.69) is 10.3 Å². The molecule has 0 radical (unpaired) electrons. The fraction of sp³-hybridized carbons (Fsp3) is 0.667. The summed E-state index contributed by atoms with van der Waals surface area (Å²) >= 11 is 0. The van der Waals surface area contributed by atoms with Crippen molar-refractivity contribution < 1.29 is 17.9 Å². The summed E-state index contributed by atoms with van der Waals surface area (Å²) < 4.78 is 33.4. The molecular weight excluding hydrogens is 296 g/mol. The Morgan fingerprint density at radius 2 is 2.29 bits per heavy atom. The molecule has 0 saturated carbocycles. The average molecular weight is 316 g/mol. The summed E-state index contributed by atoms with van der Waals surface area (Å²) in [6.45, 7) is 0.286. The monoisotopic (exact) mass is 316 g/mol. The summed E-state index contributed by atoms with van der Waals surface area (Å²) in [5.74, 6) is -0.360. The van der Waals surface area contributed by atoms with Gasteiger partial charge in [0.15, 0.2) is 5.03 Å². The summed E-state index contributed by atoms with van der Waals surface area (Å²) in [6, 6.07) is 0. The van der Waals surface area contributed by atoms with Crippen LogP contribution in [0, 0.1) is 0 Å². The largest absolute Gasteiger partial charge is 0.382 e. The zero-order chi connectivity index (χ0) is 15.7. The predicted molar refractivity (Wildman–Crippen MR) is 75.0 cm³/mol. The molecule has 2 heterocycles. The van der Waals surface area contributed by atoms with E-state index >= 15 is 0 Å². The highest BCUT2D eigenvalue weighted by Gasteiger charge is 2.53. The van der Waals surface area contributed by atoms with E-state index in [0.29, 0.717) is 12.8 Å². The van der Waals surface area contributed by atoms with Crippen LogP contribution in [-0.2, 0) is 26.6 Å². The normalized spacial score (nSPS) is 23.4. The quantitative estimate of drug-likeness (QED) is 0.778. The number of rotatable bonds is 5. The highest BCUT2D eigenvalue weighted by Crippen LogP contribution is 2.34. The van der Waals surface area contributed by atoms with Crippen LogP contribution >= 0.6 is 0 Å². The number of hydrogen-bond donors (Lipinski definition) is 1. The van der Waals surface area contributed by atoms with Crippen molar-refractivity contribution in [3.8, 4) is 0 Å². The second kappa shape index (κ2) is 5.74. The Labute approximate surface area is 124 Å². The van der Waals surface area contributed by atoms with E-state index in [1.807, 2.05) is 0 Å². The average Bonchev–Trinajstić information content (AvgIpc) is 3.06. The molecule has 1 aliphatic rings. The molecule has 1 aliphatic heterocycles. The molecular formula is C12H20N4O4S. The molecule has 0 aromatic carbocycles. The number of sulfonamides is 1. The minimum atomic E-state index is -3.84. The van der Waals surface area contributed by atoms with Gasteiger partial charge >= 0.3 is 0 Å². The van der Waals surface area contributed by atoms with Crippen molar-refractivity contribution in [2.75, 3.05) is 27.3 Å². The second-order valence-corrected chi connectivity index (χ2v) is 6.91. The van der Waals surface area contributed by atoms with Crippen LogP contribution in [0.3, 0.4) is 0 Å². The Morgan fingerprint density at radius 1 is 1.57 bits per heavy atom. The molecule has 1 unspecified atom stereocenters. The molecule has 2 rings (SSSR count). The molecule has 21 heavy (non-hydrogen) atoms. The summed E-state index contributed by atoms with van der Waals surface area (Å²) in [5, 5.41) is 2.48. The minimum Gasteiger partial charge on any atom is -0.382 e. The molecule has 0 bridgehead atoms. The summed E-state index contributed by atoms with van der Waals surface area (Å²) in [5.41, 5.74) is -1.21. The van der Waals surface area contributed by atoms with Gasteiger partial charge in [-0.3, -0.25) is 4.79 Å². The number of carbonyl (C=O) groups is 1. The highest BCUT2D eigenvalue weighted by atomic mass is 32.2. The van der Waals surface area contributed by atoms with Crippen LogP contribution in [0.4, 0.5) is 0 Å². The Morgan fingerprint density at radius 3 is 2.81 bits per heavy atom. The zero-order valence-electron chi connectivity index (χ0n) is 12.4. The number of ether oxygens (including phenoxy) is 1. The molecule has 1 aromatic rings. The Kier molecular flexibility index (Phi) is 4.35. The summed E-state index contributed by atoms with van der Waals surface area (Å²) in [6.07, 6.45) is 3.87. The Bertz CT molecular complexity index is 627. The lowest BCUT2D eigenvalue weighted by atomic mass is 9.97. The maximum Gasteiger partial charge on any atom is 0.263 e. The van der Waals surface area contributed by atoms with Crippen LogP contribution in [-0.4, -0.2) is 61.0 Å². The number of carbonyl (C=O) groups excluding carboxylic acids is 1. The van der Waals surface area contributed by atoms with E-state index in [1.54, 1.807) is 11.6 Å². The third kappa shape index (κ3) is 2.56. The number of likely N-dealkylation sites (N-methyl/N-ethyl adjacent to an activating group) is 1. The van der Waals surface area contributed by atoms with Crippen LogP contribution in [0.25, 0.3) is 0 Å². The molecule has 1 fully saturated rings. The van der Waals surface area contributed by atoms with Crippen LogP contribution in [0.1, 0.15) is 12.8 Å². The third-order valence-electron chi connectivity index (χ3n) is 3.70. The molecule has 1 aromatic heterocycles. The van der Waals surface area contributed by atoms with Crippen LogP contribution < -0.4 is 5.32 Å². The van der Waals surface area contributed by atoms with Crippen molar-refractivity contribution in [2.45, 2.75) is 23.4 Å². The van der Waals surface area contributed by atoms with Gasteiger partial charge in [0.05, 0.1) is 12.9 Å². The summed E-state index contributed by atoms with van der Waals surface area (Å²) in [4.78, 5) is 16.2. The van der Waals surface area contributed by atoms with Gasteiger partial charge in [-0.05, 0) is 12.8 Å². The lowest BCUT2D eigenvalue weighted by Crippen LogP contribution is -2.59. The fourth-order valence-electron chi connectivity index (χ4n) is 2.75.